The number of benzene rings is 4. The largest absolute Gasteiger partial charge is 0.456 e. The first kappa shape index (κ1) is 29.5. The minimum Gasteiger partial charge on any atom is -0.456 e. The molecule has 2 N–H and O–H groups in total. The van der Waals surface area contributed by atoms with Crippen LogP contribution in [-0.4, -0.2) is 14.3 Å². The Bertz CT molecular complexity index is 1660. The molecule has 4 aromatic rings. The summed E-state index contributed by atoms with van der Waals surface area (Å²) in [6, 6.07) is 19.4. The van der Waals surface area contributed by atoms with E-state index in [2.05, 4.69) is 10.0 Å². The zero-order valence-corrected chi connectivity index (χ0v) is 23.2. The smallest absolute Gasteiger partial charge is 0.417 e. The number of sulfonamides is 1. The Labute approximate surface area is 242 Å². The second kappa shape index (κ2) is 12.0. The number of ether oxygens (including phenoxy) is 1. The predicted molar refractivity (Wildman–Crippen MR) is 148 cm³/mol. The third-order valence-corrected chi connectivity index (χ3v) is 7.72. The summed E-state index contributed by atoms with van der Waals surface area (Å²) < 4.78 is 73.6. The molecule has 208 valence electrons. The average Bonchev–Trinajstić information content (AvgIpc) is 2.90. The quantitative estimate of drug-likeness (QED) is 0.206. The van der Waals surface area contributed by atoms with Crippen LogP contribution < -0.4 is 14.8 Å². The van der Waals surface area contributed by atoms with Crippen molar-refractivity contribution in [1.29, 1.82) is 0 Å². The van der Waals surface area contributed by atoms with Gasteiger partial charge in [-0.15, -0.1) is 0 Å². The van der Waals surface area contributed by atoms with Gasteiger partial charge in [-0.25, -0.2) is 8.42 Å². The molecule has 1 amide bonds. The lowest BCUT2D eigenvalue weighted by Crippen LogP contribution is -2.25. The van der Waals surface area contributed by atoms with Gasteiger partial charge in [-0.3, -0.25) is 9.52 Å². The fraction of sp³-hybridized carbons (Fsp3) is 0.0741. The summed E-state index contributed by atoms with van der Waals surface area (Å²) in [5.74, 6) is -0.0374. The van der Waals surface area contributed by atoms with Gasteiger partial charge in [-0.2, -0.15) is 13.2 Å². The molecule has 0 fully saturated rings. The van der Waals surface area contributed by atoms with Crippen LogP contribution in [0.15, 0.2) is 89.8 Å². The van der Waals surface area contributed by atoms with Gasteiger partial charge in [0.05, 0.1) is 31.8 Å². The van der Waals surface area contributed by atoms with Crippen molar-refractivity contribution in [1.82, 2.24) is 5.32 Å². The van der Waals surface area contributed by atoms with Gasteiger partial charge >= 0.3 is 6.18 Å². The summed E-state index contributed by atoms with van der Waals surface area (Å²) >= 11 is 17.8. The van der Waals surface area contributed by atoms with Crippen molar-refractivity contribution in [3.05, 3.63) is 117 Å². The second-order valence-corrected chi connectivity index (χ2v) is 11.2. The number of para-hydroxylation sites is 1. The van der Waals surface area contributed by atoms with Crippen LogP contribution >= 0.6 is 34.8 Å². The third kappa shape index (κ3) is 7.19. The third-order valence-electron chi connectivity index (χ3n) is 5.46. The van der Waals surface area contributed by atoms with E-state index in [1.165, 1.54) is 48.5 Å². The topological polar surface area (TPSA) is 84.5 Å². The van der Waals surface area contributed by atoms with Crippen LogP contribution in [0.4, 0.5) is 18.9 Å². The standard InChI is InChI=1S/C27H18Cl3F3N2O4S/c28-17-6-12-24(20(14-17)26(36)34-15-16-5-11-22(29)21(13-16)27(31,32)33)35-40(37,38)19-9-7-18(8-10-19)39-25-4-2-1-3-23(25)30/h1-14,35H,15H2,(H,34,36). The summed E-state index contributed by atoms with van der Waals surface area (Å²) in [4.78, 5) is 12.8. The lowest BCUT2D eigenvalue weighted by atomic mass is 10.1. The molecule has 0 aromatic heterocycles. The van der Waals surface area contributed by atoms with E-state index in [0.717, 1.165) is 12.1 Å². The summed E-state index contributed by atoms with van der Waals surface area (Å²) in [5, 5.41) is 2.52. The number of carbonyl (C=O) groups is 1. The molecule has 0 radical (unpaired) electrons. The van der Waals surface area contributed by atoms with Gasteiger partial charge in [-0.1, -0.05) is 53.0 Å². The van der Waals surface area contributed by atoms with Crippen LogP contribution in [0.1, 0.15) is 21.5 Å². The molecule has 0 saturated carbocycles. The molecule has 0 heterocycles. The maximum atomic E-state index is 13.2. The van der Waals surface area contributed by atoms with Crippen LogP contribution in [0.3, 0.4) is 0 Å². The maximum absolute atomic E-state index is 13.2. The molecule has 0 atom stereocenters. The molecular formula is C27H18Cl3F3N2O4S. The molecule has 0 saturated heterocycles. The van der Waals surface area contributed by atoms with Crippen molar-refractivity contribution >= 4 is 56.4 Å². The Balaban J connectivity index is 1.50. The van der Waals surface area contributed by atoms with Gasteiger partial charge in [0.2, 0.25) is 0 Å². The van der Waals surface area contributed by atoms with Gasteiger partial charge in [0, 0.05) is 11.6 Å². The van der Waals surface area contributed by atoms with E-state index in [9.17, 15) is 26.4 Å². The minimum atomic E-state index is -4.67. The van der Waals surface area contributed by atoms with E-state index in [1.807, 2.05) is 0 Å². The number of hydrogen-bond acceptors (Lipinski definition) is 4. The first-order chi connectivity index (χ1) is 18.8. The van der Waals surface area contributed by atoms with Crippen LogP contribution in [0.5, 0.6) is 11.5 Å². The highest BCUT2D eigenvalue weighted by atomic mass is 35.5. The fourth-order valence-electron chi connectivity index (χ4n) is 3.52. The van der Waals surface area contributed by atoms with Crippen molar-refractivity contribution in [2.75, 3.05) is 4.72 Å². The van der Waals surface area contributed by atoms with E-state index < -0.39 is 32.7 Å². The number of hydrogen-bond donors (Lipinski definition) is 2. The number of rotatable bonds is 8. The van der Waals surface area contributed by atoms with E-state index in [0.29, 0.717) is 16.5 Å². The number of halogens is 6. The lowest BCUT2D eigenvalue weighted by Gasteiger charge is -2.15. The molecule has 4 rings (SSSR count). The number of anilines is 1. The van der Waals surface area contributed by atoms with Gasteiger partial charge in [0.15, 0.2) is 0 Å². The maximum Gasteiger partial charge on any atom is 0.417 e. The summed E-state index contributed by atoms with van der Waals surface area (Å²) in [5.41, 5.74) is -1.14. The Morgan fingerprint density at radius 1 is 0.850 bits per heavy atom. The van der Waals surface area contributed by atoms with Crippen molar-refractivity contribution in [2.24, 2.45) is 0 Å². The Kier molecular flexibility index (Phi) is 8.84. The van der Waals surface area contributed by atoms with Crippen molar-refractivity contribution in [3.8, 4) is 11.5 Å². The predicted octanol–water partition coefficient (Wildman–Crippen LogP) is 8.19. The fourth-order valence-corrected chi connectivity index (χ4v) is 5.17. The molecule has 4 aromatic carbocycles. The zero-order chi connectivity index (χ0) is 29.1. The van der Waals surface area contributed by atoms with Crippen molar-refractivity contribution in [3.63, 3.8) is 0 Å². The molecule has 0 spiro atoms. The Hall–Kier alpha value is -3.44. The van der Waals surface area contributed by atoms with Crippen molar-refractivity contribution in [2.45, 2.75) is 17.6 Å². The first-order valence-electron chi connectivity index (χ1n) is 11.3. The number of carbonyl (C=O) groups excluding carboxylic acids is 1. The highest BCUT2D eigenvalue weighted by Crippen LogP contribution is 2.35. The number of amides is 1. The molecule has 0 bridgehead atoms. The Morgan fingerprint density at radius 3 is 2.23 bits per heavy atom. The second-order valence-electron chi connectivity index (χ2n) is 8.29. The van der Waals surface area contributed by atoms with Crippen LogP contribution in [-0.2, 0) is 22.7 Å². The molecule has 0 aliphatic rings. The van der Waals surface area contributed by atoms with Crippen LogP contribution in [0, 0.1) is 0 Å². The lowest BCUT2D eigenvalue weighted by molar-refractivity contribution is -0.137. The SMILES string of the molecule is O=C(NCc1ccc(Cl)c(C(F)(F)F)c1)c1cc(Cl)ccc1NS(=O)(=O)c1ccc(Oc2ccccc2Cl)cc1. The summed E-state index contributed by atoms with van der Waals surface area (Å²) in [6.45, 7) is -0.287. The highest BCUT2D eigenvalue weighted by Gasteiger charge is 2.33. The van der Waals surface area contributed by atoms with E-state index >= 15 is 0 Å². The van der Waals surface area contributed by atoms with Crippen LogP contribution in [0.2, 0.25) is 15.1 Å². The Morgan fingerprint density at radius 2 is 1.55 bits per heavy atom. The zero-order valence-electron chi connectivity index (χ0n) is 20.1. The molecule has 0 aliphatic carbocycles. The molecule has 6 nitrogen and oxygen atoms in total. The summed E-state index contributed by atoms with van der Waals surface area (Å²) in [6.07, 6.45) is -4.67. The van der Waals surface area contributed by atoms with E-state index in [-0.39, 0.29) is 33.3 Å². The summed E-state index contributed by atoms with van der Waals surface area (Å²) in [7, 11) is -4.17. The minimum absolute atomic E-state index is 0.0922. The molecule has 40 heavy (non-hydrogen) atoms. The molecular weight excluding hydrogens is 612 g/mol. The van der Waals surface area contributed by atoms with Gasteiger partial charge < -0.3 is 10.1 Å². The first-order valence-corrected chi connectivity index (χ1v) is 13.9. The highest BCUT2D eigenvalue weighted by molar-refractivity contribution is 7.92. The van der Waals surface area contributed by atoms with E-state index in [4.69, 9.17) is 39.5 Å². The van der Waals surface area contributed by atoms with Gasteiger partial charge in [0.1, 0.15) is 11.5 Å². The van der Waals surface area contributed by atoms with Crippen molar-refractivity contribution < 1.29 is 31.1 Å². The van der Waals surface area contributed by atoms with Crippen LogP contribution in [0.25, 0.3) is 0 Å². The molecule has 0 unspecified atom stereocenters. The number of nitrogens with one attached hydrogen (secondary N) is 2. The molecule has 13 heteroatoms. The van der Waals surface area contributed by atoms with Gasteiger partial charge in [-0.05, 0) is 72.3 Å². The normalized spacial score (nSPS) is 11.7. The van der Waals surface area contributed by atoms with Gasteiger partial charge in [0.25, 0.3) is 15.9 Å². The average molecular weight is 630 g/mol. The number of alkyl halides is 3. The molecule has 0 aliphatic heterocycles. The van der Waals surface area contributed by atoms with E-state index in [1.54, 1.807) is 24.3 Å². The monoisotopic (exact) mass is 628 g/mol.